The van der Waals surface area contributed by atoms with Gasteiger partial charge in [-0.1, -0.05) is 48.5 Å². The van der Waals surface area contributed by atoms with Crippen molar-refractivity contribution < 1.29 is 28.5 Å². The Balaban J connectivity index is 1.22. The highest BCUT2D eigenvalue weighted by Gasteiger charge is 2.40. The zero-order chi connectivity index (χ0) is 27.6. The second kappa shape index (κ2) is 11.6. The molecule has 0 N–H and O–H groups in total. The van der Waals surface area contributed by atoms with E-state index >= 15 is 0 Å². The van der Waals surface area contributed by atoms with E-state index in [1.165, 1.54) is 0 Å². The summed E-state index contributed by atoms with van der Waals surface area (Å²) < 4.78 is 30.4. The average Bonchev–Trinajstić information content (AvgIpc) is 3.02. The van der Waals surface area contributed by atoms with Gasteiger partial charge in [-0.05, 0) is 77.9 Å². The SMILES string of the molecule is O=C1c2ccc(OC3CCCCO3)cc2O[C@H](c2ccc3ccccc3c2)[C@H]1c1ccc(OC2CCCCO2)cc1. The largest absolute Gasteiger partial charge is 0.484 e. The number of hydrogen-bond acceptors (Lipinski definition) is 6. The number of benzene rings is 4. The van der Waals surface area contributed by atoms with Gasteiger partial charge in [-0.3, -0.25) is 4.79 Å². The van der Waals surface area contributed by atoms with Crippen LogP contribution >= 0.6 is 0 Å². The molecule has 6 nitrogen and oxygen atoms in total. The Hall–Kier alpha value is -3.87. The summed E-state index contributed by atoms with van der Waals surface area (Å²) in [4.78, 5) is 14.2. The summed E-state index contributed by atoms with van der Waals surface area (Å²) in [7, 11) is 0. The Morgan fingerprint density at radius 1 is 0.634 bits per heavy atom. The molecular formula is C35H34O6. The lowest BCUT2D eigenvalue weighted by molar-refractivity contribution is -0.106. The van der Waals surface area contributed by atoms with Crippen molar-refractivity contribution in [1.82, 2.24) is 0 Å². The predicted octanol–water partition coefficient (Wildman–Crippen LogP) is 7.75. The van der Waals surface area contributed by atoms with E-state index in [2.05, 4.69) is 30.3 Å². The fourth-order valence-electron chi connectivity index (χ4n) is 6.02. The number of rotatable bonds is 6. The van der Waals surface area contributed by atoms with Gasteiger partial charge in [0.2, 0.25) is 0 Å². The van der Waals surface area contributed by atoms with E-state index < -0.39 is 12.0 Å². The van der Waals surface area contributed by atoms with Crippen LogP contribution in [0.5, 0.6) is 17.2 Å². The molecule has 3 aliphatic rings. The van der Waals surface area contributed by atoms with Crippen molar-refractivity contribution in [2.24, 2.45) is 0 Å². The Morgan fingerprint density at radius 2 is 1.29 bits per heavy atom. The van der Waals surface area contributed by atoms with Crippen LogP contribution in [0.3, 0.4) is 0 Å². The van der Waals surface area contributed by atoms with Gasteiger partial charge in [-0.25, -0.2) is 0 Å². The minimum absolute atomic E-state index is 0.0224. The van der Waals surface area contributed by atoms with Crippen LogP contribution in [0.1, 0.15) is 72.0 Å². The van der Waals surface area contributed by atoms with E-state index in [-0.39, 0.29) is 18.4 Å². The van der Waals surface area contributed by atoms with Crippen LogP contribution in [-0.4, -0.2) is 31.6 Å². The number of fused-ring (bicyclic) bond motifs is 2. The van der Waals surface area contributed by atoms with Crippen LogP contribution in [0.15, 0.2) is 84.9 Å². The molecule has 3 aliphatic heterocycles. The molecule has 210 valence electrons. The third-order valence-electron chi connectivity index (χ3n) is 8.21. The molecule has 0 aromatic heterocycles. The van der Waals surface area contributed by atoms with Gasteiger partial charge in [0.1, 0.15) is 23.4 Å². The Kier molecular flexibility index (Phi) is 7.34. The molecule has 0 radical (unpaired) electrons. The van der Waals surface area contributed by atoms with Gasteiger partial charge in [0.05, 0.1) is 24.7 Å². The maximum absolute atomic E-state index is 14.2. The fourth-order valence-corrected chi connectivity index (χ4v) is 6.02. The van der Waals surface area contributed by atoms with Crippen molar-refractivity contribution in [3.05, 3.63) is 102 Å². The van der Waals surface area contributed by atoms with Crippen molar-refractivity contribution in [2.45, 2.75) is 63.1 Å². The number of hydrogen-bond donors (Lipinski definition) is 0. The van der Waals surface area contributed by atoms with E-state index in [9.17, 15) is 4.79 Å². The molecule has 0 spiro atoms. The molecule has 3 heterocycles. The first kappa shape index (κ1) is 26.1. The molecule has 7 rings (SSSR count). The van der Waals surface area contributed by atoms with Gasteiger partial charge in [-0.2, -0.15) is 0 Å². The molecule has 0 aliphatic carbocycles. The monoisotopic (exact) mass is 550 g/mol. The first-order chi connectivity index (χ1) is 20.2. The molecular weight excluding hydrogens is 516 g/mol. The molecule has 2 saturated heterocycles. The average molecular weight is 551 g/mol. The molecule has 4 aromatic carbocycles. The molecule has 2 fully saturated rings. The molecule has 4 aromatic rings. The summed E-state index contributed by atoms with van der Waals surface area (Å²) in [6.07, 6.45) is 5.04. The second-order valence-electron chi connectivity index (χ2n) is 11.0. The van der Waals surface area contributed by atoms with Crippen LogP contribution in [-0.2, 0) is 9.47 Å². The van der Waals surface area contributed by atoms with Gasteiger partial charge < -0.3 is 23.7 Å². The summed E-state index contributed by atoms with van der Waals surface area (Å²) in [5, 5.41) is 2.25. The minimum Gasteiger partial charge on any atom is -0.484 e. The molecule has 0 amide bonds. The summed E-state index contributed by atoms with van der Waals surface area (Å²) in [6.45, 7) is 1.43. The molecule has 0 saturated carbocycles. The predicted molar refractivity (Wildman–Crippen MR) is 156 cm³/mol. The van der Waals surface area contributed by atoms with E-state index in [1.54, 1.807) is 0 Å². The third-order valence-corrected chi connectivity index (χ3v) is 8.21. The third kappa shape index (κ3) is 5.54. The van der Waals surface area contributed by atoms with Crippen LogP contribution < -0.4 is 14.2 Å². The normalized spacial score (nSPS) is 24.3. The first-order valence-electron chi connectivity index (χ1n) is 14.7. The Morgan fingerprint density at radius 3 is 2.00 bits per heavy atom. The maximum Gasteiger partial charge on any atom is 0.199 e. The highest BCUT2D eigenvalue weighted by atomic mass is 16.7. The van der Waals surface area contributed by atoms with Gasteiger partial charge >= 0.3 is 0 Å². The molecule has 6 heteroatoms. The minimum atomic E-state index is -0.517. The lowest BCUT2D eigenvalue weighted by Gasteiger charge is -2.34. The topological polar surface area (TPSA) is 63.2 Å². The van der Waals surface area contributed by atoms with Crippen LogP contribution in [0.2, 0.25) is 0 Å². The zero-order valence-electron chi connectivity index (χ0n) is 23.0. The summed E-state index contributed by atoms with van der Waals surface area (Å²) in [6, 6.07) is 27.8. The van der Waals surface area contributed by atoms with E-state index in [4.69, 9.17) is 23.7 Å². The molecule has 2 unspecified atom stereocenters. The number of carbonyl (C=O) groups is 1. The number of Topliss-reactive ketones (excluding diaryl/α,β-unsaturated/α-hetero) is 1. The summed E-state index contributed by atoms with van der Waals surface area (Å²) in [5.41, 5.74) is 2.39. The summed E-state index contributed by atoms with van der Waals surface area (Å²) in [5.74, 6) is 1.42. The highest BCUT2D eigenvalue weighted by Crippen LogP contribution is 2.46. The second-order valence-corrected chi connectivity index (χ2v) is 11.0. The quantitative estimate of drug-likeness (QED) is 0.245. The van der Waals surface area contributed by atoms with Crippen LogP contribution in [0.25, 0.3) is 10.8 Å². The lowest BCUT2D eigenvalue weighted by Crippen LogP contribution is -2.30. The zero-order valence-corrected chi connectivity index (χ0v) is 23.0. The van der Waals surface area contributed by atoms with Crippen molar-refractivity contribution in [3.63, 3.8) is 0 Å². The van der Waals surface area contributed by atoms with Crippen LogP contribution in [0.4, 0.5) is 0 Å². The lowest BCUT2D eigenvalue weighted by atomic mass is 9.80. The van der Waals surface area contributed by atoms with Crippen LogP contribution in [0, 0.1) is 0 Å². The first-order valence-corrected chi connectivity index (χ1v) is 14.7. The smallest absolute Gasteiger partial charge is 0.199 e. The van der Waals surface area contributed by atoms with Gasteiger partial charge in [-0.15, -0.1) is 0 Å². The number of ketones is 1. The van der Waals surface area contributed by atoms with Crippen molar-refractivity contribution in [3.8, 4) is 17.2 Å². The van der Waals surface area contributed by atoms with E-state index in [0.29, 0.717) is 23.7 Å². The van der Waals surface area contributed by atoms with Gasteiger partial charge in [0, 0.05) is 18.9 Å². The van der Waals surface area contributed by atoms with Crippen molar-refractivity contribution in [2.75, 3.05) is 13.2 Å². The summed E-state index contributed by atoms with van der Waals surface area (Å²) >= 11 is 0. The number of ether oxygens (including phenoxy) is 5. The fraction of sp³-hybridized carbons (Fsp3) is 0.343. The number of carbonyl (C=O) groups excluding carboxylic acids is 1. The molecule has 4 atom stereocenters. The Bertz CT molecular complexity index is 1520. The highest BCUT2D eigenvalue weighted by molar-refractivity contribution is 6.05. The van der Waals surface area contributed by atoms with Gasteiger partial charge in [0.25, 0.3) is 0 Å². The molecule has 41 heavy (non-hydrogen) atoms. The van der Waals surface area contributed by atoms with Gasteiger partial charge in [0.15, 0.2) is 18.4 Å². The Labute approximate surface area is 240 Å². The maximum atomic E-state index is 14.2. The van der Waals surface area contributed by atoms with E-state index in [1.807, 2.05) is 54.6 Å². The standard InChI is InChI=1S/C35H34O6/c36-34-29-18-17-28(40-32-10-4-6-20-38-32)22-30(29)41-35(26-12-11-23-7-1-2-8-25(23)21-26)33(34)24-13-15-27(16-14-24)39-31-9-3-5-19-37-31/h1-2,7-8,11-18,21-22,31-33,35H,3-6,9-10,19-20H2/t31?,32?,33-,35+/m0/s1. The molecule has 0 bridgehead atoms. The van der Waals surface area contributed by atoms with E-state index in [0.717, 1.165) is 72.8 Å². The van der Waals surface area contributed by atoms with Crippen molar-refractivity contribution in [1.29, 1.82) is 0 Å². The van der Waals surface area contributed by atoms with Crippen molar-refractivity contribution >= 4 is 16.6 Å².